The number of anilines is 1. The van der Waals surface area contributed by atoms with Crippen molar-refractivity contribution >= 4 is 23.4 Å². The van der Waals surface area contributed by atoms with Gasteiger partial charge in [0.05, 0.1) is 24.9 Å². The topological polar surface area (TPSA) is 91.0 Å². The summed E-state index contributed by atoms with van der Waals surface area (Å²) >= 11 is 0. The molecule has 3 aromatic carbocycles. The number of hydrogen-bond acceptors (Lipinski definition) is 5. The molecular formula is C28H30N4O4. The van der Waals surface area contributed by atoms with Crippen LogP contribution in [0.2, 0.25) is 0 Å². The first-order valence-corrected chi connectivity index (χ1v) is 11.9. The molecule has 8 heteroatoms. The summed E-state index contributed by atoms with van der Waals surface area (Å²) in [5.41, 5.74) is 2.43. The number of nitrogens with one attached hydrogen (secondary N) is 2. The number of rotatable bonds is 8. The highest BCUT2D eigenvalue weighted by Gasteiger charge is 2.25. The van der Waals surface area contributed by atoms with Gasteiger partial charge < -0.3 is 20.3 Å². The Labute approximate surface area is 210 Å². The van der Waals surface area contributed by atoms with Crippen molar-refractivity contribution in [1.82, 2.24) is 15.1 Å². The molecule has 186 valence electrons. The van der Waals surface area contributed by atoms with Crippen molar-refractivity contribution in [3.63, 3.8) is 0 Å². The Morgan fingerprint density at radius 1 is 0.833 bits per heavy atom. The first-order chi connectivity index (χ1) is 17.5. The Morgan fingerprint density at radius 2 is 1.50 bits per heavy atom. The maximum Gasteiger partial charge on any atom is 0.256 e. The molecule has 0 unspecified atom stereocenters. The quantitative estimate of drug-likeness (QED) is 0.511. The fourth-order valence-corrected chi connectivity index (χ4v) is 4.05. The predicted molar refractivity (Wildman–Crippen MR) is 138 cm³/mol. The number of hydrogen-bond donors (Lipinski definition) is 2. The van der Waals surface area contributed by atoms with Crippen LogP contribution in [0, 0.1) is 0 Å². The van der Waals surface area contributed by atoms with Crippen LogP contribution < -0.4 is 15.4 Å². The van der Waals surface area contributed by atoms with Crippen molar-refractivity contribution in [2.45, 2.75) is 6.54 Å². The van der Waals surface area contributed by atoms with E-state index in [0.717, 1.165) is 5.56 Å². The van der Waals surface area contributed by atoms with Crippen LogP contribution in [0.4, 0.5) is 5.69 Å². The molecule has 0 aromatic heterocycles. The molecule has 1 aliphatic rings. The van der Waals surface area contributed by atoms with Gasteiger partial charge in [-0.15, -0.1) is 0 Å². The van der Waals surface area contributed by atoms with E-state index in [1.807, 2.05) is 35.2 Å². The zero-order valence-electron chi connectivity index (χ0n) is 20.3. The first kappa shape index (κ1) is 24.9. The molecule has 3 amide bonds. The van der Waals surface area contributed by atoms with Crippen molar-refractivity contribution in [3.8, 4) is 5.75 Å². The third-order valence-electron chi connectivity index (χ3n) is 6.12. The van der Waals surface area contributed by atoms with Crippen LogP contribution in [0.25, 0.3) is 0 Å². The number of benzene rings is 3. The van der Waals surface area contributed by atoms with Crippen molar-refractivity contribution in [1.29, 1.82) is 0 Å². The molecule has 2 N–H and O–H groups in total. The number of ether oxygens (including phenoxy) is 1. The molecule has 36 heavy (non-hydrogen) atoms. The Bertz CT molecular complexity index is 1190. The molecule has 0 aliphatic carbocycles. The summed E-state index contributed by atoms with van der Waals surface area (Å²) in [6.45, 7) is 3.01. The highest BCUT2D eigenvalue weighted by molar-refractivity contribution is 6.09. The summed E-state index contributed by atoms with van der Waals surface area (Å²) in [7, 11) is 1.57. The second kappa shape index (κ2) is 12.0. The van der Waals surface area contributed by atoms with Crippen LogP contribution in [-0.4, -0.2) is 67.4 Å². The molecule has 3 aromatic rings. The van der Waals surface area contributed by atoms with Crippen LogP contribution in [0.5, 0.6) is 5.75 Å². The molecule has 0 radical (unpaired) electrons. The van der Waals surface area contributed by atoms with Gasteiger partial charge in [0.15, 0.2) is 0 Å². The molecule has 0 bridgehead atoms. The lowest BCUT2D eigenvalue weighted by Crippen LogP contribution is -2.51. The number of methoxy groups -OCH3 is 1. The third-order valence-corrected chi connectivity index (χ3v) is 6.12. The maximum absolute atomic E-state index is 13.3. The second-order valence-electron chi connectivity index (χ2n) is 8.56. The Kier molecular flexibility index (Phi) is 8.31. The van der Waals surface area contributed by atoms with E-state index in [4.69, 9.17) is 4.74 Å². The minimum Gasteiger partial charge on any atom is -0.497 e. The number of para-hydroxylation sites is 1. The van der Waals surface area contributed by atoms with Crippen LogP contribution in [-0.2, 0) is 11.3 Å². The number of amides is 3. The number of carbonyl (C=O) groups is 3. The van der Waals surface area contributed by atoms with E-state index >= 15 is 0 Å². The van der Waals surface area contributed by atoms with Crippen LogP contribution in [0.1, 0.15) is 26.3 Å². The average Bonchev–Trinajstić information content (AvgIpc) is 2.93. The molecule has 1 aliphatic heterocycles. The van der Waals surface area contributed by atoms with Gasteiger partial charge in [0.1, 0.15) is 5.75 Å². The SMILES string of the molecule is COc1ccc(C(=O)Nc2ccccc2C(=O)N2CCN(CC(=O)NCc3ccccc3)CC2)cc1. The molecule has 8 nitrogen and oxygen atoms in total. The van der Waals surface area contributed by atoms with Crippen molar-refractivity contribution in [3.05, 3.63) is 95.6 Å². The maximum atomic E-state index is 13.3. The van der Waals surface area contributed by atoms with Crippen LogP contribution >= 0.6 is 0 Å². The lowest BCUT2D eigenvalue weighted by atomic mass is 10.1. The molecular weight excluding hydrogens is 456 g/mol. The van der Waals surface area contributed by atoms with Crippen molar-refractivity contribution in [2.24, 2.45) is 0 Å². The average molecular weight is 487 g/mol. The van der Waals surface area contributed by atoms with Gasteiger partial charge in [-0.3, -0.25) is 19.3 Å². The van der Waals surface area contributed by atoms with E-state index in [1.165, 1.54) is 0 Å². The van der Waals surface area contributed by atoms with E-state index in [-0.39, 0.29) is 17.7 Å². The zero-order chi connectivity index (χ0) is 25.3. The molecule has 1 fully saturated rings. The predicted octanol–water partition coefficient (Wildman–Crippen LogP) is 3.02. The molecule has 1 saturated heterocycles. The standard InChI is InChI=1S/C28H30N4O4/c1-36-23-13-11-22(12-14-23)27(34)30-25-10-6-5-9-24(25)28(35)32-17-15-31(16-18-32)20-26(33)29-19-21-7-3-2-4-8-21/h2-14H,15-20H2,1H3,(H,29,33)(H,30,34). The van der Waals surface area contributed by atoms with Gasteiger partial charge >= 0.3 is 0 Å². The van der Waals surface area contributed by atoms with Gasteiger partial charge in [-0.05, 0) is 42.0 Å². The van der Waals surface area contributed by atoms with Crippen molar-refractivity contribution in [2.75, 3.05) is 45.2 Å². The molecule has 4 rings (SSSR count). The van der Waals surface area contributed by atoms with Gasteiger partial charge in [0.2, 0.25) is 5.91 Å². The normalized spacial score (nSPS) is 13.6. The summed E-state index contributed by atoms with van der Waals surface area (Å²) in [6.07, 6.45) is 0. The van der Waals surface area contributed by atoms with Gasteiger partial charge in [-0.2, -0.15) is 0 Å². The monoisotopic (exact) mass is 486 g/mol. The summed E-state index contributed by atoms with van der Waals surface area (Å²) in [4.78, 5) is 42.1. The summed E-state index contributed by atoms with van der Waals surface area (Å²) < 4.78 is 5.14. The highest BCUT2D eigenvalue weighted by Crippen LogP contribution is 2.20. The Balaban J connectivity index is 1.30. The second-order valence-corrected chi connectivity index (χ2v) is 8.56. The summed E-state index contributed by atoms with van der Waals surface area (Å²) in [6, 6.07) is 23.6. The van der Waals surface area contributed by atoms with Gasteiger partial charge in [0, 0.05) is 38.3 Å². The van der Waals surface area contributed by atoms with E-state index in [9.17, 15) is 14.4 Å². The first-order valence-electron chi connectivity index (χ1n) is 11.9. The molecule has 0 atom stereocenters. The van der Waals surface area contributed by atoms with Crippen LogP contribution in [0.3, 0.4) is 0 Å². The molecule has 0 spiro atoms. The summed E-state index contributed by atoms with van der Waals surface area (Å²) in [5, 5.41) is 5.80. The number of carbonyl (C=O) groups excluding carboxylic acids is 3. The third kappa shape index (κ3) is 6.49. The van der Waals surface area contributed by atoms with Gasteiger partial charge in [-0.25, -0.2) is 0 Å². The van der Waals surface area contributed by atoms with Crippen molar-refractivity contribution < 1.29 is 19.1 Å². The zero-order valence-corrected chi connectivity index (χ0v) is 20.3. The Morgan fingerprint density at radius 3 is 2.19 bits per heavy atom. The van der Waals surface area contributed by atoms with Gasteiger partial charge in [-0.1, -0.05) is 42.5 Å². The molecule has 0 saturated carbocycles. The van der Waals surface area contributed by atoms with Gasteiger partial charge in [0.25, 0.3) is 11.8 Å². The van der Waals surface area contributed by atoms with Crippen LogP contribution in [0.15, 0.2) is 78.9 Å². The Hall–Kier alpha value is -4.17. The lowest BCUT2D eigenvalue weighted by molar-refractivity contribution is -0.122. The number of piperazine rings is 1. The smallest absolute Gasteiger partial charge is 0.256 e. The largest absolute Gasteiger partial charge is 0.497 e. The number of nitrogens with zero attached hydrogens (tertiary/aromatic N) is 2. The summed E-state index contributed by atoms with van der Waals surface area (Å²) in [5.74, 6) is 0.179. The minimum absolute atomic E-state index is 0.0368. The fraction of sp³-hybridized carbons (Fsp3) is 0.250. The highest BCUT2D eigenvalue weighted by atomic mass is 16.5. The molecule has 1 heterocycles. The van der Waals surface area contributed by atoms with E-state index in [1.54, 1.807) is 60.5 Å². The minimum atomic E-state index is -0.302. The fourth-order valence-electron chi connectivity index (χ4n) is 4.05. The van der Waals surface area contributed by atoms with E-state index < -0.39 is 0 Å². The lowest BCUT2D eigenvalue weighted by Gasteiger charge is -2.34. The van der Waals surface area contributed by atoms with E-state index in [2.05, 4.69) is 10.6 Å². The van der Waals surface area contributed by atoms with E-state index in [0.29, 0.717) is 61.8 Å².